The topological polar surface area (TPSA) is 72.8 Å². The van der Waals surface area contributed by atoms with Crippen molar-refractivity contribution in [3.63, 3.8) is 0 Å². The third-order valence-corrected chi connectivity index (χ3v) is 4.73. The zero-order valence-corrected chi connectivity index (χ0v) is 16.8. The largest absolute Gasteiger partial charge is 0.493 e. The van der Waals surface area contributed by atoms with Crippen molar-refractivity contribution in [2.45, 2.75) is 6.42 Å². The van der Waals surface area contributed by atoms with Gasteiger partial charge in [-0.05, 0) is 23.8 Å². The number of methoxy groups -OCH3 is 1. The van der Waals surface area contributed by atoms with Crippen molar-refractivity contribution in [3.05, 3.63) is 77.1 Å². The minimum absolute atomic E-state index is 0.173. The molecular weight excluding hydrogens is 386 g/mol. The van der Waals surface area contributed by atoms with Crippen molar-refractivity contribution < 1.29 is 14.3 Å². The Morgan fingerprint density at radius 1 is 1.24 bits per heavy atom. The molecule has 0 bridgehead atoms. The van der Waals surface area contributed by atoms with Gasteiger partial charge in [0.15, 0.2) is 11.5 Å². The molecule has 2 aromatic carbocycles. The number of benzene rings is 2. The van der Waals surface area contributed by atoms with Crippen molar-refractivity contribution in [1.82, 2.24) is 10.4 Å². The van der Waals surface area contributed by atoms with E-state index in [1.165, 1.54) is 11.3 Å². The Morgan fingerprint density at radius 3 is 2.83 bits per heavy atom. The van der Waals surface area contributed by atoms with E-state index in [4.69, 9.17) is 9.47 Å². The fourth-order valence-corrected chi connectivity index (χ4v) is 3.32. The molecule has 0 aliphatic carbocycles. The Morgan fingerprint density at radius 2 is 2.07 bits per heavy atom. The number of carbonyl (C=O) groups is 1. The van der Waals surface area contributed by atoms with E-state index in [2.05, 4.69) is 22.1 Å². The Bertz CT molecular complexity index is 1000. The Balaban J connectivity index is 1.56. The lowest BCUT2D eigenvalue weighted by atomic mass is 10.2. The second-order valence-electron chi connectivity index (χ2n) is 5.97. The molecule has 7 heteroatoms. The van der Waals surface area contributed by atoms with Gasteiger partial charge in [-0.15, -0.1) is 11.3 Å². The molecule has 0 atom stereocenters. The summed E-state index contributed by atoms with van der Waals surface area (Å²) in [5, 5.41) is 6.70. The van der Waals surface area contributed by atoms with E-state index in [-0.39, 0.29) is 12.3 Å². The monoisotopic (exact) mass is 407 g/mol. The van der Waals surface area contributed by atoms with Crippen molar-refractivity contribution in [2.75, 3.05) is 13.7 Å². The van der Waals surface area contributed by atoms with Crippen molar-refractivity contribution >= 4 is 23.5 Å². The molecule has 3 aromatic rings. The minimum atomic E-state index is -0.229. The molecule has 1 N–H and O–H groups in total. The van der Waals surface area contributed by atoms with Crippen molar-refractivity contribution in [3.8, 4) is 22.8 Å². The van der Waals surface area contributed by atoms with Crippen LogP contribution in [0.25, 0.3) is 11.3 Å². The molecule has 3 rings (SSSR count). The summed E-state index contributed by atoms with van der Waals surface area (Å²) in [4.78, 5) is 16.6. The molecule has 0 saturated carbocycles. The van der Waals surface area contributed by atoms with Crippen molar-refractivity contribution in [2.24, 2.45) is 5.10 Å². The number of nitrogens with one attached hydrogen (secondary N) is 1. The number of aromatic nitrogens is 1. The summed E-state index contributed by atoms with van der Waals surface area (Å²) in [7, 11) is 1.57. The van der Waals surface area contributed by atoms with Gasteiger partial charge in [0.25, 0.3) is 0 Å². The SMILES string of the molecule is C=CCOc1ccc(/C=N\NC(=O)Cc2nc(-c3ccccc3)cs2)cc1OC. The smallest absolute Gasteiger partial charge is 0.246 e. The molecule has 148 valence electrons. The zero-order valence-electron chi connectivity index (χ0n) is 16.0. The Labute approximate surface area is 173 Å². The average molecular weight is 407 g/mol. The van der Waals surface area contributed by atoms with Gasteiger partial charge in [0.1, 0.15) is 11.6 Å². The number of ether oxygens (including phenoxy) is 2. The molecule has 0 spiro atoms. The quantitative estimate of drug-likeness (QED) is 0.330. The number of carbonyl (C=O) groups excluding carboxylic acids is 1. The number of hydrazone groups is 1. The van der Waals surface area contributed by atoms with E-state index >= 15 is 0 Å². The fourth-order valence-electron chi connectivity index (χ4n) is 2.52. The van der Waals surface area contributed by atoms with Gasteiger partial charge in [-0.25, -0.2) is 10.4 Å². The van der Waals surface area contributed by atoms with Gasteiger partial charge < -0.3 is 9.47 Å². The van der Waals surface area contributed by atoms with Gasteiger partial charge in [0, 0.05) is 10.9 Å². The maximum atomic E-state index is 12.1. The van der Waals surface area contributed by atoms with E-state index in [1.807, 2.05) is 41.8 Å². The normalized spacial score (nSPS) is 10.7. The summed E-state index contributed by atoms with van der Waals surface area (Å²) in [5.74, 6) is 0.970. The predicted molar refractivity (Wildman–Crippen MR) is 116 cm³/mol. The average Bonchev–Trinajstić information content (AvgIpc) is 3.21. The van der Waals surface area contributed by atoms with Crippen LogP contribution in [0, 0.1) is 0 Å². The lowest BCUT2D eigenvalue weighted by Crippen LogP contribution is -2.19. The van der Waals surface area contributed by atoms with E-state index in [0.29, 0.717) is 18.1 Å². The number of thiazole rings is 1. The van der Waals surface area contributed by atoms with Crippen LogP contribution >= 0.6 is 11.3 Å². The number of hydrogen-bond donors (Lipinski definition) is 1. The lowest BCUT2D eigenvalue weighted by molar-refractivity contribution is -0.120. The lowest BCUT2D eigenvalue weighted by Gasteiger charge is -2.09. The highest BCUT2D eigenvalue weighted by atomic mass is 32.1. The molecule has 6 nitrogen and oxygen atoms in total. The van der Waals surface area contributed by atoms with E-state index < -0.39 is 0 Å². The third-order valence-electron chi connectivity index (χ3n) is 3.88. The molecular formula is C22H21N3O3S. The zero-order chi connectivity index (χ0) is 20.5. The van der Waals surface area contributed by atoms with E-state index in [1.54, 1.807) is 31.5 Å². The second kappa shape index (κ2) is 10.2. The molecule has 0 saturated heterocycles. The summed E-state index contributed by atoms with van der Waals surface area (Å²) in [6.07, 6.45) is 3.39. The first-order valence-electron chi connectivity index (χ1n) is 8.93. The van der Waals surface area contributed by atoms with Crippen LogP contribution in [0.1, 0.15) is 10.6 Å². The van der Waals surface area contributed by atoms with E-state index in [9.17, 15) is 4.79 Å². The van der Waals surface area contributed by atoms with Crippen LogP contribution < -0.4 is 14.9 Å². The first-order valence-corrected chi connectivity index (χ1v) is 9.81. The second-order valence-corrected chi connectivity index (χ2v) is 6.92. The summed E-state index contributed by atoms with van der Waals surface area (Å²) in [6.45, 7) is 4.01. The minimum Gasteiger partial charge on any atom is -0.493 e. The van der Waals surface area contributed by atoms with Crippen molar-refractivity contribution in [1.29, 1.82) is 0 Å². The van der Waals surface area contributed by atoms with Gasteiger partial charge in [-0.3, -0.25) is 4.79 Å². The molecule has 0 aliphatic heterocycles. The highest BCUT2D eigenvalue weighted by Crippen LogP contribution is 2.27. The standard InChI is InChI=1S/C22H21N3O3S/c1-3-11-28-19-10-9-16(12-20(19)27-2)14-23-25-21(26)13-22-24-18(15-29-22)17-7-5-4-6-8-17/h3-10,12,14-15H,1,11,13H2,2H3,(H,25,26)/b23-14-. The number of nitrogens with zero attached hydrogens (tertiary/aromatic N) is 2. The first kappa shape index (κ1) is 20.3. The molecule has 1 heterocycles. The highest BCUT2D eigenvalue weighted by Gasteiger charge is 2.09. The number of rotatable bonds is 9. The molecule has 0 fully saturated rings. The van der Waals surface area contributed by atoms with Crippen LogP contribution in [-0.2, 0) is 11.2 Å². The van der Waals surface area contributed by atoms with Crippen LogP contribution in [0.2, 0.25) is 0 Å². The molecule has 0 unspecified atom stereocenters. The van der Waals surface area contributed by atoms with E-state index in [0.717, 1.165) is 21.8 Å². The van der Waals surface area contributed by atoms with Gasteiger partial charge in [-0.1, -0.05) is 43.0 Å². The van der Waals surface area contributed by atoms with Gasteiger partial charge in [0.05, 0.1) is 25.4 Å². The molecule has 1 aromatic heterocycles. The summed E-state index contributed by atoms with van der Waals surface area (Å²) in [6, 6.07) is 15.2. The van der Waals surface area contributed by atoms with Gasteiger partial charge >= 0.3 is 0 Å². The van der Waals surface area contributed by atoms with Crippen LogP contribution in [0.4, 0.5) is 0 Å². The number of hydrogen-bond acceptors (Lipinski definition) is 6. The first-order chi connectivity index (χ1) is 14.2. The van der Waals surface area contributed by atoms with Gasteiger partial charge in [-0.2, -0.15) is 5.10 Å². The van der Waals surface area contributed by atoms with Crippen LogP contribution in [0.3, 0.4) is 0 Å². The molecule has 1 amide bonds. The van der Waals surface area contributed by atoms with Crippen LogP contribution in [0.15, 0.2) is 71.7 Å². The summed E-state index contributed by atoms with van der Waals surface area (Å²) >= 11 is 1.45. The Hall–Kier alpha value is -3.45. The van der Waals surface area contributed by atoms with Crippen LogP contribution in [0.5, 0.6) is 11.5 Å². The Kier molecular flexibility index (Phi) is 7.13. The maximum absolute atomic E-state index is 12.1. The number of amides is 1. The fraction of sp³-hybridized carbons (Fsp3) is 0.136. The molecule has 0 aliphatic rings. The van der Waals surface area contributed by atoms with Gasteiger partial charge in [0.2, 0.25) is 5.91 Å². The summed E-state index contributed by atoms with van der Waals surface area (Å²) in [5.41, 5.74) is 5.20. The van der Waals surface area contributed by atoms with Crippen LogP contribution in [-0.4, -0.2) is 30.8 Å². The molecule has 29 heavy (non-hydrogen) atoms. The maximum Gasteiger partial charge on any atom is 0.246 e. The third kappa shape index (κ3) is 5.76. The highest BCUT2D eigenvalue weighted by molar-refractivity contribution is 7.10. The predicted octanol–water partition coefficient (Wildman–Crippen LogP) is 4.08. The molecule has 0 radical (unpaired) electrons. The summed E-state index contributed by atoms with van der Waals surface area (Å²) < 4.78 is 10.8.